The van der Waals surface area contributed by atoms with E-state index >= 15 is 0 Å². The van der Waals surface area contributed by atoms with Crippen LogP contribution in [0.4, 0.5) is 17.3 Å². The zero-order chi connectivity index (χ0) is 21.3. The van der Waals surface area contributed by atoms with Crippen LogP contribution in [0.15, 0.2) is 66.7 Å². The molecule has 0 aliphatic rings. The van der Waals surface area contributed by atoms with Gasteiger partial charge in [0.2, 0.25) is 5.28 Å². The third kappa shape index (κ3) is 5.74. The number of anilines is 3. The van der Waals surface area contributed by atoms with Crippen molar-refractivity contribution in [2.24, 2.45) is 0 Å². The van der Waals surface area contributed by atoms with Gasteiger partial charge in [-0.1, -0.05) is 66.7 Å². The fourth-order valence-corrected chi connectivity index (χ4v) is 3.43. The Morgan fingerprint density at radius 3 is 2.13 bits per heavy atom. The maximum absolute atomic E-state index is 6.17. The standard InChI is InChI=1S/C24H28ClN5/c1-30(2)23-21(26)22(28-24(25)29-23)27-17-11-5-10-16-20(18-12-6-3-7-13-18)19-14-8-4-9-15-19/h3-4,6-9,12-16H,5,10-11,17,26H2,1-2H3,(H,27,28,29). The van der Waals surface area contributed by atoms with E-state index < -0.39 is 0 Å². The lowest BCUT2D eigenvalue weighted by Gasteiger charge is -2.17. The van der Waals surface area contributed by atoms with E-state index in [0.29, 0.717) is 17.3 Å². The van der Waals surface area contributed by atoms with Gasteiger partial charge in [-0.25, -0.2) is 0 Å². The van der Waals surface area contributed by atoms with Gasteiger partial charge in [-0.05, 0) is 47.6 Å². The van der Waals surface area contributed by atoms with Crippen LogP contribution in [0, 0.1) is 0 Å². The molecule has 30 heavy (non-hydrogen) atoms. The minimum atomic E-state index is 0.189. The predicted octanol–water partition coefficient (Wildman–Crippen LogP) is 5.49. The van der Waals surface area contributed by atoms with Crippen molar-refractivity contribution in [1.82, 2.24) is 9.97 Å². The van der Waals surface area contributed by atoms with Crippen molar-refractivity contribution in [2.45, 2.75) is 19.3 Å². The van der Waals surface area contributed by atoms with Crippen molar-refractivity contribution < 1.29 is 0 Å². The van der Waals surface area contributed by atoms with Gasteiger partial charge in [-0.2, -0.15) is 9.97 Å². The molecule has 0 radical (unpaired) electrons. The highest BCUT2D eigenvalue weighted by Gasteiger charge is 2.12. The number of aromatic nitrogens is 2. The average Bonchev–Trinajstić information content (AvgIpc) is 2.76. The normalized spacial score (nSPS) is 10.5. The Hall–Kier alpha value is -3.05. The van der Waals surface area contributed by atoms with Gasteiger partial charge in [0.25, 0.3) is 0 Å². The monoisotopic (exact) mass is 421 g/mol. The molecule has 6 heteroatoms. The van der Waals surface area contributed by atoms with E-state index in [-0.39, 0.29) is 5.28 Å². The number of rotatable bonds is 9. The first-order chi connectivity index (χ1) is 14.6. The Labute approximate surface area is 183 Å². The van der Waals surface area contributed by atoms with Crippen molar-refractivity contribution in [2.75, 3.05) is 36.6 Å². The van der Waals surface area contributed by atoms with Gasteiger partial charge in [0, 0.05) is 20.6 Å². The molecule has 2 aromatic carbocycles. The maximum Gasteiger partial charge on any atom is 0.226 e. The first-order valence-corrected chi connectivity index (χ1v) is 10.5. The van der Waals surface area contributed by atoms with Crippen LogP contribution in [0.3, 0.4) is 0 Å². The molecule has 0 atom stereocenters. The molecule has 3 rings (SSSR count). The molecule has 0 saturated carbocycles. The summed E-state index contributed by atoms with van der Waals surface area (Å²) in [6, 6.07) is 21.0. The summed E-state index contributed by atoms with van der Waals surface area (Å²) in [5.41, 5.74) is 10.4. The summed E-state index contributed by atoms with van der Waals surface area (Å²) in [6.45, 7) is 0.768. The molecular formula is C24H28ClN5. The minimum absolute atomic E-state index is 0.189. The maximum atomic E-state index is 6.17. The lowest BCUT2D eigenvalue weighted by atomic mass is 9.96. The molecule has 1 heterocycles. The van der Waals surface area contributed by atoms with Crippen molar-refractivity contribution in [1.29, 1.82) is 0 Å². The number of nitrogens with zero attached hydrogens (tertiary/aromatic N) is 3. The third-order valence-electron chi connectivity index (χ3n) is 4.76. The summed E-state index contributed by atoms with van der Waals surface area (Å²) < 4.78 is 0. The molecule has 3 N–H and O–H groups in total. The Bertz CT molecular complexity index is 930. The molecular weight excluding hydrogens is 394 g/mol. The molecule has 0 fully saturated rings. The molecule has 0 aliphatic heterocycles. The van der Waals surface area contributed by atoms with Crippen LogP contribution in [0.25, 0.3) is 5.57 Å². The summed E-state index contributed by atoms with van der Waals surface area (Å²) in [6.07, 6.45) is 5.36. The Kier molecular flexibility index (Phi) is 7.69. The van der Waals surface area contributed by atoms with Crippen molar-refractivity contribution in [3.63, 3.8) is 0 Å². The van der Waals surface area contributed by atoms with Crippen LogP contribution >= 0.6 is 11.6 Å². The predicted molar refractivity (Wildman–Crippen MR) is 128 cm³/mol. The first-order valence-electron chi connectivity index (χ1n) is 10.1. The lowest BCUT2D eigenvalue weighted by molar-refractivity contribution is 0.777. The second kappa shape index (κ2) is 10.6. The number of nitrogens with two attached hydrogens (primary N) is 1. The van der Waals surface area contributed by atoms with Crippen molar-refractivity contribution in [3.8, 4) is 0 Å². The van der Waals surface area contributed by atoms with Crippen molar-refractivity contribution in [3.05, 3.63) is 83.2 Å². The van der Waals surface area contributed by atoms with Gasteiger partial charge in [-0.3, -0.25) is 0 Å². The van der Waals surface area contributed by atoms with Gasteiger partial charge in [0.15, 0.2) is 11.6 Å². The minimum Gasteiger partial charge on any atom is -0.393 e. The van der Waals surface area contributed by atoms with Crippen LogP contribution in [0.2, 0.25) is 5.28 Å². The molecule has 0 unspecified atom stereocenters. The van der Waals surface area contributed by atoms with Gasteiger partial charge in [-0.15, -0.1) is 0 Å². The highest BCUT2D eigenvalue weighted by molar-refractivity contribution is 6.28. The molecule has 0 saturated heterocycles. The van der Waals surface area contributed by atoms with E-state index in [1.54, 1.807) is 0 Å². The van der Waals surface area contributed by atoms with Gasteiger partial charge < -0.3 is 16.0 Å². The van der Waals surface area contributed by atoms with Crippen LogP contribution in [-0.4, -0.2) is 30.6 Å². The van der Waals surface area contributed by atoms with Gasteiger partial charge in [0.1, 0.15) is 5.69 Å². The number of unbranched alkanes of at least 4 members (excludes halogenated alkanes) is 2. The molecule has 5 nitrogen and oxygen atoms in total. The first kappa shape index (κ1) is 21.7. The highest BCUT2D eigenvalue weighted by Crippen LogP contribution is 2.27. The summed E-state index contributed by atoms with van der Waals surface area (Å²) >= 11 is 6.03. The summed E-state index contributed by atoms with van der Waals surface area (Å²) in [4.78, 5) is 10.2. The molecule has 0 aliphatic carbocycles. The fourth-order valence-electron chi connectivity index (χ4n) is 3.27. The number of allylic oxidation sites excluding steroid dienone is 1. The molecule has 0 amide bonds. The highest BCUT2D eigenvalue weighted by atomic mass is 35.5. The quantitative estimate of drug-likeness (QED) is 0.353. The molecule has 0 spiro atoms. The second-order valence-corrected chi connectivity index (χ2v) is 7.58. The van der Waals surface area contributed by atoms with E-state index in [9.17, 15) is 0 Å². The fraction of sp³-hybridized carbons (Fsp3) is 0.250. The summed E-state index contributed by atoms with van der Waals surface area (Å²) in [5.74, 6) is 1.21. The SMILES string of the molecule is CN(C)c1nc(Cl)nc(NCCCCC=C(c2ccccc2)c2ccccc2)c1N. The number of nitrogen functional groups attached to an aromatic ring is 1. The number of nitrogens with one attached hydrogen (secondary N) is 1. The van der Waals surface area contributed by atoms with E-state index in [4.69, 9.17) is 17.3 Å². The average molecular weight is 422 g/mol. The topological polar surface area (TPSA) is 67.1 Å². The number of benzene rings is 2. The molecule has 0 bridgehead atoms. The van der Waals surface area contributed by atoms with E-state index in [2.05, 4.69) is 69.9 Å². The van der Waals surface area contributed by atoms with Crippen LogP contribution in [0.5, 0.6) is 0 Å². The van der Waals surface area contributed by atoms with Gasteiger partial charge >= 0.3 is 0 Å². The number of halogens is 1. The molecule has 1 aromatic heterocycles. The summed E-state index contributed by atoms with van der Waals surface area (Å²) in [7, 11) is 3.75. The number of hydrogen-bond acceptors (Lipinski definition) is 5. The van der Waals surface area contributed by atoms with Crippen LogP contribution in [0.1, 0.15) is 30.4 Å². The zero-order valence-corrected chi connectivity index (χ0v) is 18.2. The van der Waals surface area contributed by atoms with E-state index in [1.807, 2.05) is 31.1 Å². The lowest BCUT2D eigenvalue weighted by Crippen LogP contribution is -2.16. The van der Waals surface area contributed by atoms with Crippen molar-refractivity contribution >= 4 is 34.5 Å². The number of hydrogen-bond donors (Lipinski definition) is 2. The smallest absolute Gasteiger partial charge is 0.226 e. The Morgan fingerprint density at radius 1 is 0.967 bits per heavy atom. The van der Waals surface area contributed by atoms with Crippen LogP contribution < -0.4 is 16.0 Å². The molecule has 3 aromatic rings. The van der Waals surface area contributed by atoms with E-state index in [0.717, 1.165) is 25.8 Å². The van der Waals surface area contributed by atoms with E-state index in [1.165, 1.54) is 16.7 Å². The van der Waals surface area contributed by atoms with Gasteiger partial charge in [0.05, 0.1) is 0 Å². The third-order valence-corrected chi connectivity index (χ3v) is 4.93. The largest absolute Gasteiger partial charge is 0.393 e. The van der Waals surface area contributed by atoms with Crippen LogP contribution in [-0.2, 0) is 0 Å². The Balaban J connectivity index is 1.59. The summed E-state index contributed by atoms with van der Waals surface area (Å²) in [5, 5.41) is 3.48. The zero-order valence-electron chi connectivity index (χ0n) is 17.5. The Morgan fingerprint density at radius 2 is 1.57 bits per heavy atom. The second-order valence-electron chi connectivity index (χ2n) is 7.25. The molecule has 156 valence electrons.